The van der Waals surface area contributed by atoms with Crippen LogP contribution in [0.15, 0.2) is 53.0 Å². The van der Waals surface area contributed by atoms with Gasteiger partial charge in [0.1, 0.15) is 6.61 Å². The molecule has 0 aromatic heterocycles. The molecule has 2 rings (SSSR count). The molecule has 0 fully saturated rings. The van der Waals surface area contributed by atoms with Crippen molar-refractivity contribution in [2.24, 2.45) is 11.1 Å². The van der Waals surface area contributed by atoms with Crippen molar-refractivity contribution in [3.63, 3.8) is 0 Å². The average molecular weight is 322 g/mol. The second kappa shape index (κ2) is 6.75. The van der Waals surface area contributed by atoms with Gasteiger partial charge in [0.2, 0.25) is 0 Å². The van der Waals surface area contributed by atoms with Crippen LogP contribution in [0.25, 0.3) is 0 Å². The minimum atomic E-state index is -3.92. The molecule has 6 heteroatoms. The zero-order chi connectivity index (χ0) is 16.2. The molecule has 0 saturated carbocycles. The van der Waals surface area contributed by atoms with Crippen LogP contribution in [-0.4, -0.2) is 26.7 Å². The summed E-state index contributed by atoms with van der Waals surface area (Å²) < 4.78 is 29.5. The molecule has 1 aromatic carbocycles. The summed E-state index contributed by atoms with van der Waals surface area (Å²) in [7, 11) is -3.92. The largest absolute Gasteiger partial charge is 0.395 e. The van der Waals surface area contributed by atoms with Crippen LogP contribution in [0, 0.1) is 18.9 Å². The van der Waals surface area contributed by atoms with E-state index in [2.05, 4.69) is 0 Å². The topological polar surface area (TPSA) is 89.6 Å². The van der Waals surface area contributed by atoms with Gasteiger partial charge in [-0.3, -0.25) is 4.18 Å². The van der Waals surface area contributed by atoms with E-state index in [4.69, 9.17) is 9.92 Å². The predicted octanol–water partition coefficient (Wildman–Crippen LogP) is 1.69. The molecule has 0 saturated heterocycles. The zero-order valence-corrected chi connectivity index (χ0v) is 13.2. The van der Waals surface area contributed by atoms with Gasteiger partial charge in [-0.05, 0) is 31.1 Å². The van der Waals surface area contributed by atoms with Gasteiger partial charge in [0.25, 0.3) is 10.1 Å². The summed E-state index contributed by atoms with van der Waals surface area (Å²) in [5.41, 5.74) is 6.47. The van der Waals surface area contributed by atoms with Crippen LogP contribution in [0.2, 0.25) is 0 Å². The lowest BCUT2D eigenvalue weighted by molar-refractivity contribution is 0.142. The number of rotatable bonds is 6. The Morgan fingerprint density at radius 2 is 2.05 bits per heavy atom. The lowest BCUT2D eigenvalue weighted by Crippen LogP contribution is -2.34. The third kappa shape index (κ3) is 3.47. The molecule has 1 unspecified atom stereocenters. The van der Waals surface area contributed by atoms with E-state index < -0.39 is 15.5 Å². The Morgan fingerprint density at radius 1 is 1.36 bits per heavy atom. The third-order valence-electron chi connectivity index (χ3n) is 3.77. The average Bonchev–Trinajstić information content (AvgIpc) is 2.53. The first-order chi connectivity index (χ1) is 10.4. The molecular formula is C16H20NO4S. The van der Waals surface area contributed by atoms with Crippen molar-refractivity contribution in [1.82, 2.24) is 0 Å². The Hall–Kier alpha value is -1.47. The first kappa shape index (κ1) is 16.9. The van der Waals surface area contributed by atoms with Gasteiger partial charge < -0.3 is 10.8 Å². The van der Waals surface area contributed by atoms with Crippen molar-refractivity contribution in [2.75, 3.05) is 13.2 Å². The van der Waals surface area contributed by atoms with E-state index in [0.29, 0.717) is 6.42 Å². The number of hydrogen-bond donors (Lipinski definition) is 2. The van der Waals surface area contributed by atoms with Crippen LogP contribution in [0.5, 0.6) is 0 Å². The summed E-state index contributed by atoms with van der Waals surface area (Å²) in [6.45, 7) is 3.00. The SMILES string of the molecule is Cc1ccc(S(=O)(=O)O[CH]C2(CO)CC=CC=C2CN)cc1. The first-order valence-electron chi connectivity index (χ1n) is 6.95. The number of benzene rings is 1. The fourth-order valence-corrected chi connectivity index (χ4v) is 3.17. The van der Waals surface area contributed by atoms with E-state index in [1.807, 2.05) is 19.1 Å². The smallest absolute Gasteiger partial charge is 0.297 e. The minimum Gasteiger partial charge on any atom is -0.395 e. The number of allylic oxidation sites excluding steroid dienone is 3. The van der Waals surface area contributed by atoms with Crippen molar-refractivity contribution in [1.29, 1.82) is 0 Å². The van der Waals surface area contributed by atoms with E-state index in [9.17, 15) is 13.5 Å². The number of hydrogen-bond acceptors (Lipinski definition) is 5. The summed E-state index contributed by atoms with van der Waals surface area (Å²) in [5.74, 6) is 0. The van der Waals surface area contributed by atoms with E-state index in [0.717, 1.165) is 11.1 Å². The lowest BCUT2D eigenvalue weighted by Gasteiger charge is -2.33. The number of aliphatic hydroxyl groups excluding tert-OH is 1. The highest BCUT2D eigenvalue weighted by Crippen LogP contribution is 2.38. The zero-order valence-electron chi connectivity index (χ0n) is 12.4. The van der Waals surface area contributed by atoms with Crippen LogP contribution in [-0.2, 0) is 14.3 Å². The van der Waals surface area contributed by atoms with Gasteiger partial charge in [-0.2, -0.15) is 8.42 Å². The van der Waals surface area contributed by atoms with Gasteiger partial charge in [-0.25, -0.2) is 0 Å². The maximum atomic E-state index is 12.2. The van der Waals surface area contributed by atoms with Crippen molar-refractivity contribution in [3.05, 3.63) is 60.2 Å². The summed E-state index contributed by atoms with van der Waals surface area (Å²) in [4.78, 5) is 0.0760. The summed E-state index contributed by atoms with van der Waals surface area (Å²) >= 11 is 0. The molecular weight excluding hydrogens is 302 g/mol. The van der Waals surface area contributed by atoms with E-state index >= 15 is 0 Å². The van der Waals surface area contributed by atoms with Crippen LogP contribution in [0.1, 0.15) is 12.0 Å². The van der Waals surface area contributed by atoms with Crippen LogP contribution >= 0.6 is 0 Å². The molecule has 1 aliphatic rings. The molecule has 0 aliphatic heterocycles. The first-order valence-corrected chi connectivity index (χ1v) is 8.36. The highest BCUT2D eigenvalue weighted by atomic mass is 32.2. The molecule has 0 amide bonds. The van der Waals surface area contributed by atoms with Crippen molar-refractivity contribution in [3.8, 4) is 0 Å². The third-order valence-corrected chi connectivity index (χ3v) is 4.97. The number of nitrogens with two attached hydrogens (primary N) is 1. The van der Waals surface area contributed by atoms with E-state index in [1.165, 1.54) is 18.7 Å². The summed E-state index contributed by atoms with van der Waals surface area (Å²) in [6, 6.07) is 6.38. The lowest BCUT2D eigenvalue weighted by atomic mass is 9.76. The molecule has 0 heterocycles. The normalized spacial score (nSPS) is 21.7. The standard InChI is InChI=1S/C16H20NO4S/c1-13-5-7-15(8-6-13)22(19,20)21-12-16(11-18)9-3-2-4-14(16)10-17/h2-8,12,18H,9-11,17H2,1H3. The van der Waals surface area contributed by atoms with Crippen molar-refractivity contribution >= 4 is 10.1 Å². The van der Waals surface area contributed by atoms with Gasteiger partial charge in [0.05, 0.1) is 11.5 Å². The maximum Gasteiger partial charge on any atom is 0.297 e. The number of aryl methyl sites for hydroxylation is 1. The summed E-state index contributed by atoms with van der Waals surface area (Å²) in [5, 5.41) is 9.71. The van der Waals surface area contributed by atoms with Crippen LogP contribution in [0.4, 0.5) is 0 Å². The molecule has 0 bridgehead atoms. The van der Waals surface area contributed by atoms with E-state index in [-0.39, 0.29) is 18.0 Å². The molecule has 1 atom stereocenters. The molecule has 3 N–H and O–H groups in total. The van der Waals surface area contributed by atoms with E-state index in [1.54, 1.807) is 18.2 Å². The van der Waals surface area contributed by atoms with Gasteiger partial charge in [0, 0.05) is 12.0 Å². The van der Waals surface area contributed by atoms with Crippen LogP contribution < -0.4 is 5.73 Å². The van der Waals surface area contributed by atoms with Gasteiger partial charge in [-0.1, -0.05) is 35.9 Å². The Kier molecular flexibility index (Phi) is 5.18. The maximum absolute atomic E-state index is 12.2. The minimum absolute atomic E-state index is 0.0760. The fourth-order valence-electron chi connectivity index (χ4n) is 2.27. The Bertz CT molecular complexity index is 677. The quantitative estimate of drug-likeness (QED) is 0.778. The molecule has 1 aromatic rings. The van der Waals surface area contributed by atoms with Gasteiger partial charge in [-0.15, -0.1) is 0 Å². The highest BCUT2D eigenvalue weighted by molar-refractivity contribution is 7.86. The molecule has 119 valence electrons. The fraction of sp³-hybridized carbons (Fsp3) is 0.312. The van der Waals surface area contributed by atoms with Crippen molar-refractivity contribution < 1.29 is 17.7 Å². The molecule has 1 aliphatic carbocycles. The monoisotopic (exact) mass is 322 g/mol. The molecule has 0 spiro atoms. The van der Waals surface area contributed by atoms with Crippen LogP contribution in [0.3, 0.4) is 0 Å². The number of aliphatic hydroxyl groups is 1. The second-order valence-corrected chi connectivity index (χ2v) is 6.90. The van der Waals surface area contributed by atoms with Gasteiger partial charge >= 0.3 is 0 Å². The Labute approximate surface area is 131 Å². The predicted molar refractivity (Wildman–Crippen MR) is 84.2 cm³/mol. The highest BCUT2D eigenvalue weighted by Gasteiger charge is 2.36. The Balaban J connectivity index is 2.18. The second-order valence-electron chi connectivity index (χ2n) is 5.32. The molecule has 22 heavy (non-hydrogen) atoms. The molecule has 1 radical (unpaired) electrons. The van der Waals surface area contributed by atoms with Gasteiger partial charge in [0.15, 0.2) is 0 Å². The van der Waals surface area contributed by atoms with Crippen molar-refractivity contribution in [2.45, 2.75) is 18.2 Å². The Morgan fingerprint density at radius 3 is 2.64 bits per heavy atom. The molecule has 5 nitrogen and oxygen atoms in total. The summed E-state index contributed by atoms with van der Waals surface area (Å²) in [6.07, 6.45) is 5.89.